The second-order valence-corrected chi connectivity index (χ2v) is 7.68. The minimum atomic E-state index is -5.18. The minimum absolute atomic E-state index is 0. The van der Waals surface area contributed by atoms with Crippen molar-refractivity contribution in [2.75, 3.05) is 18.9 Å². The molecule has 0 aromatic heterocycles. The van der Waals surface area contributed by atoms with Gasteiger partial charge in [0.25, 0.3) is 0 Å². The van der Waals surface area contributed by atoms with Crippen molar-refractivity contribution in [2.45, 2.75) is 7.43 Å². The van der Waals surface area contributed by atoms with Crippen LogP contribution in [0, 0.1) is 14.9 Å². The zero-order valence-corrected chi connectivity index (χ0v) is 22.6. The van der Waals surface area contributed by atoms with Gasteiger partial charge in [0.2, 0.25) is 0 Å². The summed E-state index contributed by atoms with van der Waals surface area (Å²) in [5, 5.41) is 0. The summed E-state index contributed by atoms with van der Waals surface area (Å²) in [5.74, 6) is 0. The SMILES string of the molecule is C.O=P([O-])([O-])CN(CP(=O)([O-])O)CP(=O)(O)O.[CH3+].[CH3+].[Y].[Y].[Y]. The first-order valence-corrected chi connectivity index (χ1v) is 8.88. The van der Waals surface area contributed by atoms with Gasteiger partial charge >= 0.3 is 7.60 Å². The van der Waals surface area contributed by atoms with E-state index >= 15 is 0 Å². The van der Waals surface area contributed by atoms with Crippen LogP contribution in [0.3, 0.4) is 0 Å². The van der Waals surface area contributed by atoms with Crippen molar-refractivity contribution in [2.24, 2.45) is 0 Å². The molecule has 0 aromatic carbocycles. The number of hydrogen-bond acceptors (Lipinski definition) is 7. The zero-order chi connectivity index (χ0) is 13.2. The Balaban J connectivity index is -0.0000000750. The van der Waals surface area contributed by atoms with Gasteiger partial charge in [-0.1, -0.05) is 15.0 Å². The standard InChI is InChI=1S/C3H12NO9P3.CH4.2CH3.3Y/c5-14(6,7)1-4(2-15(8,9)10)3-16(11,12)13;;;;;;/h1-3H2,(H2,5,6,7)(H2,8,9,10)(H2,11,12,13);1H4;2*1H3;;;/q;;2*+1;;;/p-3. The maximum Gasteiger partial charge on any atom is 0.339 e. The molecule has 22 heavy (non-hydrogen) atoms. The van der Waals surface area contributed by atoms with Gasteiger partial charge in [0, 0.05) is 119 Å². The number of rotatable bonds is 6. The summed E-state index contributed by atoms with van der Waals surface area (Å²) in [6.45, 7) is 0. The summed E-state index contributed by atoms with van der Waals surface area (Å²) in [6, 6.07) is 0. The molecule has 0 saturated carbocycles. The van der Waals surface area contributed by atoms with Gasteiger partial charge in [0.05, 0.1) is 6.29 Å². The third-order valence-electron chi connectivity index (χ3n) is 1.14. The van der Waals surface area contributed by atoms with Crippen LogP contribution in [-0.4, -0.2) is 38.4 Å². The molecule has 0 saturated heterocycles. The predicted molar refractivity (Wildman–Crippen MR) is 65.5 cm³/mol. The number of hydrogen-bond donors (Lipinski definition) is 3. The van der Waals surface area contributed by atoms with Gasteiger partial charge in [0.1, 0.15) is 13.9 Å². The van der Waals surface area contributed by atoms with Crippen molar-refractivity contribution in [3.63, 3.8) is 0 Å². The Morgan fingerprint density at radius 3 is 1.27 bits per heavy atom. The third-order valence-corrected chi connectivity index (χ3v) is 3.41. The van der Waals surface area contributed by atoms with Crippen LogP contribution in [0.25, 0.3) is 0 Å². The van der Waals surface area contributed by atoms with Crippen molar-refractivity contribution in [1.82, 2.24) is 4.90 Å². The van der Waals surface area contributed by atoms with E-state index in [0.29, 0.717) is 0 Å². The van der Waals surface area contributed by atoms with Crippen LogP contribution >= 0.6 is 22.8 Å². The van der Waals surface area contributed by atoms with E-state index in [1.807, 2.05) is 0 Å². The predicted octanol–water partition coefficient (Wildman–Crippen LogP) is -1.67. The summed E-state index contributed by atoms with van der Waals surface area (Å²) in [5.41, 5.74) is 0. The quantitative estimate of drug-likeness (QED) is 0.233. The molecule has 0 aliphatic carbocycles. The fraction of sp³-hybridized carbons (Fsp3) is 0.667. The van der Waals surface area contributed by atoms with Crippen LogP contribution < -0.4 is 14.7 Å². The van der Waals surface area contributed by atoms with E-state index in [1.165, 1.54) is 0 Å². The molecule has 1 atom stereocenters. The molecule has 3 N–H and O–H groups in total. The summed E-state index contributed by atoms with van der Waals surface area (Å²) in [4.78, 5) is 56.6. The monoisotopic (exact) mass is 609 g/mol. The molecular weight excluding hydrogens is 590 g/mol. The van der Waals surface area contributed by atoms with Crippen molar-refractivity contribution in [3.05, 3.63) is 14.9 Å². The molecule has 0 aliphatic rings. The van der Waals surface area contributed by atoms with Gasteiger partial charge in [-0.15, -0.1) is 0 Å². The minimum Gasteiger partial charge on any atom is -0.810 e. The molecule has 0 aliphatic heterocycles. The van der Waals surface area contributed by atoms with E-state index in [0.717, 1.165) is 0 Å². The van der Waals surface area contributed by atoms with Crippen LogP contribution in [0.2, 0.25) is 0 Å². The van der Waals surface area contributed by atoms with E-state index < -0.39 is 41.6 Å². The van der Waals surface area contributed by atoms with Gasteiger partial charge in [-0.25, -0.2) is 0 Å². The normalized spacial score (nSPS) is 12.7. The fourth-order valence-electron chi connectivity index (χ4n) is 0.892. The average molecular weight is 609 g/mol. The Kier molecular flexibility index (Phi) is 36.3. The summed E-state index contributed by atoms with van der Waals surface area (Å²) < 4.78 is 31.2. The van der Waals surface area contributed by atoms with Crippen LogP contribution in [0.4, 0.5) is 0 Å². The first-order valence-electron chi connectivity index (χ1n) is 3.59. The van der Waals surface area contributed by atoms with Gasteiger partial charge in [-0.05, 0) is 0 Å². The van der Waals surface area contributed by atoms with Crippen LogP contribution in [0.5, 0.6) is 0 Å². The fourth-order valence-corrected chi connectivity index (χ4v) is 3.48. The Bertz CT molecular complexity index is 324. The van der Waals surface area contributed by atoms with E-state index in [-0.39, 0.29) is 125 Å². The van der Waals surface area contributed by atoms with Gasteiger partial charge in [0.15, 0.2) is 0 Å². The van der Waals surface area contributed by atoms with Crippen molar-refractivity contribution in [3.8, 4) is 0 Å². The van der Waals surface area contributed by atoms with E-state index in [4.69, 9.17) is 14.7 Å². The molecule has 0 rings (SSSR count). The van der Waals surface area contributed by atoms with Crippen molar-refractivity contribution >= 4 is 22.8 Å². The number of nitrogens with zero attached hydrogens (tertiary/aromatic N) is 1. The first kappa shape index (κ1) is 44.7. The topological polar surface area (TPSA) is 184 Å². The summed E-state index contributed by atoms with van der Waals surface area (Å²) >= 11 is 0. The average Bonchev–Trinajstić information content (AvgIpc) is 1.70. The van der Waals surface area contributed by atoms with E-state index in [9.17, 15) is 28.4 Å². The van der Waals surface area contributed by atoms with Crippen LogP contribution in [0.15, 0.2) is 0 Å². The second kappa shape index (κ2) is 17.9. The van der Waals surface area contributed by atoms with Gasteiger partial charge in [-0.2, -0.15) is 0 Å². The second-order valence-electron chi connectivity index (χ2n) is 3.01. The molecule has 0 fully saturated rings. The molecule has 0 aromatic rings. The van der Waals surface area contributed by atoms with Crippen molar-refractivity contribution in [1.29, 1.82) is 0 Å². The van der Waals surface area contributed by atoms with Crippen LogP contribution in [0.1, 0.15) is 7.43 Å². The Morgan fingerprint density at radius 1 is 0.773 bits per heavy atom. The molecule has 16 heteroatoms. The maximum atomic E-state index is 10.5. The molecule has 0 bridgehead atoms. The van der Waals surface area contributed by atoms with Crippen LogP contribution in [-0.2, 0) is 112 Å². The molecule has 0 spiro atoms. The zero-order valence-electron chi connectivity index (χ0n) is 11.4. The molecule has 1 unspecified atom stereocenters. The molecule has 0 heterocycles. The summed E-state index contributed by atoms with van der Waals surface area (Å²) in [7, 11) is -14.9. The first-order chi connectivity index (χ1) is 6.79. The largest absolute Gasteiger partial charge is 0.810 e. The Morgan fingerprint density at radius 2 is 1.09 bits per heavy atom. The molecule has 127 valence electrons. The van der Waals surface area contributed by atoms with E-state index in [2.05, 4.69) is 0 Å². The van der Waals surface area contributed by atoms with Gasteiger partial charge < -0.3 is 38.5 Å². The Labute approximate surface area is 207 Å². The van der Waals surface area contributed by atoms with E-state index in [1.54, 1.807) is 0 Å². The Hall–Kier alpha value is 3.46. The van der Waals surface area contributed by atoms with Gasteiger partial charge in [-0.3, -0.25) is 9.46 Å². The summed E-state index contributed by atoms with van der Waals surface area (Å²) in [6.07, 6.45) is -3.98. The molecule has 10 nitrogen and oxygen atoms in total. The third kappa shape index (κ3) is 34.7. The molecule has 3 radical (unpaired) electrons. The maximum absolute atomic E-state index is 10.5. The van der Waals surface area contributed by atoms with Crippen molar-refractivity contribution < 1.29 is 141 Å². The smallest absolute Gasteiger partial charge is 0.339 e. The molecular formula is C6H19NO9P3Y3-. The molecule has 0 amide bonds.